The second-order valence-electron chi connectivity index (χ2n) is 5.72. The van der Waals surface area contributed by atoms with Crippen LogP contribution in [0.4, 0.5) is 0 Å². The smallest absolute Gasteiger partial charge is 0.0448 e. The third-order valence-electron chi connectivity index (χ3n) is 4.28. The van der Waals surface area contributed by atoms with Gasteiger partial charge in [-0.2, -0.15) is 0 Å². The fourth-order valence-corrected chi connectivity index (χ4v) is 5.08. The van der Waals surface area contributed by atoms with Crippen LogP contribution in [0, 0.1) is 5.92 Å². The zero-order valence-electron chi connectivity index (χ0n) is 11.4. The number of hydrogen-bond acceptors (Lipinski definition) is 3. The molecule has 1 fully saturated rings. The Morgan fingerprint density at radius 2 is 1.95 bits per heavy atom. The van der Waals surface area contributed by atoms with Gasteiger partial charge < -0.3 is 5.32 Å². The molecule has 0 spiro atoms. The van der Waals surface area contributed by atoms with E-state index in [0.29, 0.717) is 12.1 Å². The van der Waals surface area contributed by atoms with Gasteiger partial charge in [-0.25, -0.2) is 0 Å². The van der Waals surface area contributed by atoms with Gasteiger partial charge in [-0.05, 0) is 54.0 Å². The van der Waals surface area contributed by atoms with Gasteiger partial charge in [0.25, 0.3) is 0 Å². The number of fused-ring (bicyclic) bond motifs is 1. The molecule has 2 aromatic rings. The van der Waals surface area contributed by atoms with Crippen LogP contribution >= 0.6 is 23.1 Å². The predicted molar refractivity (Wildman–Crippen MR) is 87.4 cm³/mol. The van der Waals surface area contributed by atoms with Gasteiger partial charge in [-0.15, -0.1) is 23.1 Å². The highest BCUT2D eigenvalue weighted by molar-refractivity contribution is 7.99. The molecule has 2 aliphatic rings. The van der Waals surface area contributed by atoms with Crippen LogP contribution < -0.4 is 5.32 Å². The minimum atomic E-state index is 0.528. The highest BCUT2D eigenvalue weighted by atomic mass is 32.2. The van der Waals surface area contributed by atoms with E-state index in [2.05, 4.69) is 47.1 Å². The summed E-state index contributed by atoms with van der Waals surface area (Å²) in [5.74, 6) is 2.09. The molecule has 0 bridgehead atoms. The van der Waals surface area contributed by atoms with Crippen molar-refractivity contribution in [3.8, 4) is 0 Å². The van der Waals surface area contributed by atoms with E-state index in [1.54, 1.807) is 0 Å². The lowest BCUT2D eigenvalue weighted by atomic mass is 10.0. The summed E-state index contributed by atoms with van der Waals surface area (Å²) in [4.78, 5) is 2.99. The largest absolute Gasteiger partial charge is 0.302 e. The van der Waals surface area contributed by atoms with E-state index in [-0.39, 0.29) is 0 Å². The number of nitrogens with one attached hydrogen (secondary N) is 1. The van der Waals surface area contributed by atoms with Gasteiger partial charge in [0.1, 0.15) is 0 Å². The Morgan fingerprint density at radius 1 is 1.05 bits per heavy atom. The fraction of sp³-hybridized carbons (Fsp3) is 0.412. The van der Waals surface area contributed by atoms with E-state index < -0.39 is 0 Å². The fourth-order valence-electron chi connectivity index (χ4n) is 3.08. The summed E-state index contributed by atoms with van der Waals surface area (Å²) < 4.78 is 0. The SMILES string of the molecule is c1csc(C(NC2CCSc3ccccc32)C2CC2)c1. The van der Waals surface area contributed by atoms with Gasteiger partial charge in [-0.1, -0.05) is 24.3 Å². The third kappa shape index (κ3) is 2.54. The number of thiophene rings is 1. The van der Waals surface area contributed by atoms with E-state index in [1.807, 2.05) is 23.1 Å². The second kappa shape index (κ2) is 5.55. The Labute approximate surface area is 128 Å². The number of rotatable bonds is 4. The summed E-state index contributed by atoms with van der Waals surface area (Å²) in [6.45, 7) is 0. The normalized spacial score (nSPS) is 23.3. The number of thioether (sulfide) groups is 1. The first-order valence-corrected chi connectivity index (χ1v) is 9.29. The lowest BCUT2D eigenvalue weighted by Crippen LogP contribution is -2.29. The number of benzene rings is 1. The van der Waals surface area contributed by atoms with Gasteiger partial charge in [0.05, 0.1) is 0 Å². The molecule has 1 aliphatic carbocycles. The molecule has 2 atom stereocenters. The van der Waals surface area contributed by atoms with E-state index >= 15 is 0 Å². The molecule has 0 radical (unpaired) electrons. The van der Waals surface area contributed by atoms with Gasteiger partial charge in [0.15, 0.2) is 0 Å². The average Bonchev–Trinajstić information content (AvgIpc) is 3.19. The zero-order chi connectivity index (χ0) is 13.4. The van der Waals surface area contributed by atoms with Crippen LogP contribution in [-0.2, 0) is 0 Å². The molecule has 104 valence electrons. The van der Waals surface area contributed by atoms with Crippen LogP contribution in [0.1, 0.15) is 41.8 Å². The lowest BCUT2D eigenvalue weighted by molar-refractivity contribution is 0.402. The highest BCUT2D eigenvalue weighted by Crippen LogP contribution is 2.45. The van der Waals surface area contributed by atoms with Gasteiger partial charge in [-0.3, -0.25) is 0 Å². The monoisotopic (exact) mass is 301 g/mol. The van der Waals surface area contributed by atoms with Crippen molar-refractivity contribution < 1.29 is 0 Å². The molecule has 3 heteroatoms. The van der Waals surface area contributed by atoms with Crippen LogP contribution in [0.5, 0.6) is 0 Å². The topological polar surface area (TPSA) is 12.0 Å². The summed E-state index contributed by atoms with van der Waals surface area (Å²) in [5, 5.41) is 6.18. The summed E-state index contributed by atoms with van der Waals surface area (Å²) in [5.41, 5.74) is 1.51. The van der Waals surface area contributed by atoms with E-state index in [1.165, 1.54) is 40.4 Å². The Bertz CT molecular complexity index is 574. The molecule has 1 aromatic carbocycles. The van der Waals surface area contributed by atoms with Crippen molar-refractivity contribution in [3.63, 3.8) is 0 Å². The van der Waals surface area contributed by atoms with Crippen molar-refractivity contribution in [1.29, 1.82) is 0 Å². The molecule has 1 aliphatic heterocycles. The molecule has 1 saturated carbocycles. The van der Waals surface area contributed by atoms with Crippen molar-refractivity contribution in [2.24, 2.45) is 5.92 Å². The third-order valence-corrected chi connectivity index (χ3v) is 6.36. The minimum absolute atomic E-state index is 0.528. The van der Waals surface area contributed by atoms with Crippen molar-refractivity contribution in [1.82, 2.24) is 5.32 Å². The van der Waals surface area contributed by atoms with Crippen molar-refractivity contribution >= 4 is 23.1 Å². The summed E-state index contributed by atoms with van der Waals surface area (Å²) in [7, 11) is 0. The lowest BCUT2D eigenvalue weighted by Gasteiger charge is -2.30. The van der Waals surface area contributed by atoms with E-state index in [4.69, 9.17) is 0 Å². The standard InChI is InChI=1S/C17H19NS2/c1-2-5-15-13(4-1)14(9-11-20-15)18-17(12-7-8-12)16-6-3-10-19-16/h1-6,10,12,14,17-18H,7-9,11H2. The zero-order valence-corrected chi connectivity index (χ0v) is 13.1. The van der Waals surface area contributed by atoms with Crippen molar-refractivity contribution in [3.05, 3.63) is 52.2 Å². The Morgan fingerprint density at radius 3 is 2.75 bits per heavy atom. The average molecular weight is 301 g/mol. The van der Waals surface area contributed by atoms with Crippen LogP contribution in [0.15, 0.2) is 46.7 Å². The van der Waals surface area contributed by atoms with Crippen LogP contribution in [-0.4, -0.2) is 5.75 Å². The minimum Gasteiger partial charge on any atom is -0.302 e. The molecule has 0 saturated heterocycles. The molecule has 4 rings (SSSR count). The Balaban J connectivity index is 1.59. The Hall–Kier alpha value is -0.770. The predicted octanol–water partition coefficient (Wildman–Crippen LogP) is 5.03. The summed E-state index contributed by atoms with van der Waals surface area (Å²) in [6, 6.07) is 14.5. The van der Waals surface area contributed by atoms with E-state index in [9.17, 15) is 0 Å². The van der Waals surface area contributed by atoms with Crippen molar-refractivity contribution in [2.75, 3.05) is 5.75 Å². The molecule has 1 aromatic heterocycles. The first-order valence-electron chi connectivity index (χ1n) is 7.43. The van der Waals surface area contributed by atoms with Crippen molar-refractivity contribution in [2.45, 2.75) is 36.2 Å². The molecular formula is C17H19NS2. The van der Waals surface area contributed by atoms with Crippen LogP contribution in [0.2, 0.25) is 0 Å². The first kappa shape index (κ1) is 12.9. The molecule has 1 nitrogen and oxygen atoms in total. The Kier molecular flexibility index (Phi) is 3.59. The maximum absolute atomic E-state index is 3.97. The van der Waals surface area contributed by atoms with Gasteiger partial charge in [0.2, 0.25) is 0 Å². The molecule has 1 N–H and O–H groups in total. The van der Waals surface area contributed by atoms with Gasteiger partial charge >= 0.3 is 0 Å². The maximum atomic E-state index is 3.97. The van der Waals surface area contributed by atoms with E-state index in [0.717, 1.165) is 5.92 Å². The van der Waals surface area contributed by atoms with Crippen LogP contribution in [0.3, 0.4) is 0 Å². The van der Waals surface area contributed by atoms with Gasteiger partial charge in [0, 0.05) is 21.9 Å². The molecule has 2 unspecified atom stereocenters. The quantitative estimate of drug-likeness (QED) is 0.850. The maximum Gasteiger partial charge on any atom is 0.0448 e. The highest BCUT2D eigenvalue weighted by Gasteiger charge is 2.35. The molecule has 20 heavy (non-hydrogen) atoms. The summed E-state index contributed by atoms with van der Waals surface area (Å²) >= 11 is 3.91. The van der Waals surface area contributed by atoms with Crippen LogP contribution in [0.25, 0.3) is 0 Å². The second-order valence-corrected chi connectivity index (χ2v) is 7.84. The molecule has 2 heterocycles. The summed E-state index contributed by atoms with van der Waals surface area (Å²) in [6.07, 6.45) is 4.02. The number of hydrogen-bond donors (Lipinski definition) is 1. The molecular weight excluding hydrogens is 282 g/mol. The first-order chi connectivity index (χ1) is 9.92. The molecule has 0 amide bonds.